The molecule has 0 rings (SSSR count). The molecular formula is C65H110O6. The molecule has 6 nitrogen and oxygen atoms in total. The molecule has 0 bridgehead atoms. The van der Waals surface area contributed by atoms with E-state index in [0.717, 1.165) is 89.9 Å². The fourth-order valence-corrected chi connectivity index (χ4v) is 8.21. The third kappa shape index (κ3) is 57.1. The van der Waals surface area contributed by atoms with Crippen LogP contribution in [-0.4, -0.2) is 37.2 Å². The lowest BCUT2D eigenvalue weighted by Gasteiger charge is -2.18. The lowest BCUT2D eigenvalue weighted by Crippen LogP contribution is -2.30. The molecule has 0 heterocycles. The van der Waals surface area contributed by atoms with Gasteiger partial charge in [0, 0.05) is 19.3 Å². The zero-order valence-corrected chi connectivity index (χ0v) is 46.5. The molecule has 1 atom stereocenters. The van der Waals surface area contributed by atoms with Gasteiger partial charge in [-0.05, 0) is 83.5 Å². The molecule has 71 heavy (non-hydrogen) atoms. The Kier molecular flexibility index (Phi) is 55.9. The molecule has 0 saturated heterocycles. The van der Waals surface area contributed by atoms with E-state index >= 15 is 0 Å². The van der Waals surface area contributed by atoms with Gasteiger partial charge >= 0.3 is 17.9 Å². The highest BCUT2D eigenvalue weighted by Crippen LogP contribution is 2.16. The quantitative estimate of drug-likeness (QED) is 0.0261. The van der Waals surface area contributed by atoms with E-state index in [1.807, 2.05) is 12.2 Å². The first-order valence-electron chi connectivity index (χ1n) is 29.7. The Labute approximate surface area is 438 Å². The number of unbranched alkanes of at least 4 members (excludes halogenated alkanes) is 26. The largest absolute Gasteiger partial charge is 0.462 e. The summed E-state index contributed by atoms with van der Waals surface area (Å²) in [7, 11) is 0. The van der Waals surface area contributed by atoms with Crippen LogP contribution in [0.15, 0.2) is 97.2 Å². The van der Waals surface area contributed by atoms with E-state index < -0.39 is 6.10 Å². The first kappa shape index (κ1) is 67.3. The average Bonchev–Trinajstić information content (AvgIpc) is 3.37. The Balaban J connectivity index is 4.19. The summed E-state index contributed by atoms with van der Waals surface area (Å²) in [6, 6.07) is 0. The zero-order chi connectivity index (χ0) is 51.4. The van der Waals surface area contributed by atoms with E-state index in [4.69, 9.17) is 14.2 Å². The van der Waals surface area contributed by atoms with E-state index in [2.05, 4.69) is 106 Å². The molecule has 0 N–H and O–H groups in total. The van der Waals surface area contributed by atoms with Gasteiger partial charge in [-0.15, -0.1) is 0 Å². The van der Waals surface area contributed by atoms with E-state index in [1.54, 1.807) is 0 Å². The van der Waals surface area contributed by atoms with Gasteiger partial charge in [-0.2, -0.15) is 0 Å². The number of carbonyl (C=O) groups is 3. The molecule has 0 saturated carbocycles. The molecule has 0 aromatic carbocycles. The fraction of sp³-hybridized carbons (Fsp3) is 0.708. The van der Waals surface area contributed by atoms with Gasteiger partial charge in [0.25, 0.3) is 0 Å². The third-order valence-electron chi connectivity index (χ3n) is 12.6. The zero-order valence-electron chi connectivity index (χ0n) is 46.5. The average molecular weight is 988 g/mol. The van der Waals surface area contributed by atoms with Gasteiger partial charge in [0.15, 0.2) is 6.10 Å². The summed E-state index contributed by atoms with van der Waals surface area (Å²) in [4.78, 5) is 38.0. The van der Waals surface area contributed by atoms with Crippen LogP contribution in [0.25, 0.3) is 0 Å². The van der Waals surface area contributed by atoms with Gasteiger partial charge in [0.2, 0.25) is 0 Å². The van der Waals surface area contributed by atoms with Crippen molar-refractivity contribution in [3.8, 4) is 0 Å². The van der Waals surface area contributed by atoms with Crippen molar-refractivity contribution in [2.45, 2.75) is 284 Å². The number of carbonyl (C=O) groups excluding carboxylic acids is 3. The molecule has 6 heteroatoms. The third-order valence-corrected chi connectivity index (χ3v) is 12.6. The van der Waals surface area contributed by atoms with E-state index in [9.17, 15) is 14.4 Å². The maximum absolute atomic E-state index is 12.8. The lowest BCUT2D eigenvalue weighted by atomic mass is 10.0. The first-order chi connectivity index (χ1) is 35.0. The van der Waals surface area contributed by atoms with Crippen LogP contribution in [0, 0.1) is 0 Å². The highest BCUT2D eigenvalue weighted by Gasteiger charge is 2.19. The van der Waals surface area contributed by atoms with Crippen LogP contribution < -0.4 is 0 Å². The van der Waals surface area contributed by atoms with E-state index in [-0.39, 0.29) is 37.5 Å². The molecule has 0 aliphatic carbocycles. The number of hydrogen-bond donors (Lipinski definition) is 0. The molecule has 0 aliphatic rings. The van der Waals surface area contributed by atoms with Crippen molar-refractivity contribution < 1.29 is 28.6 Å². The summed E-state index contributed by atoms with van der Waals surface area (Å²) in [5.74, 6) is -0.980. The highest BCUT2D eigenvalue weighted by molar-refractivity contribution is 5.71. The van der Waals surface area contributed by atoms with Crippen LogP contribution in [0.4, 0.5) is 0 Å². The number of rotatable bonds is 53. The number of ether oxygens (including phenoxy) is 3. The first-order valence-corrected chi connectivity index (χ1v) is 29.7. The monoisotopic (exact) mass is 987 g/mol. The van der Waals surface area contributed by atoms with Gasteiger partial charge in [-0.25, -0.2) is 0 Å². The minimum atomic E-state index is -0.812. The standard InChI is InChI=1S/C65H110O6/c1-4-7-10-13-16-19-22-24-25-26-27-28-29-30-31-32-33-34-35-36-37-38-39-41-43-46-49-52-55-58-64(67)70-61-62(60-69-63(66)57-54-51-48-45-42-21-18-15-12-9-6-3)71-65(68)59-56-53-50-47-44-40-23-20-17-14-11-8-5-2/h7-8,10-11,16-17,19-20,24-25,27-28,40,44,50,53,62H,4-6,9,12-15,18,21-23,26,29-39,41-43,45-49,51-52,54-61H2,1-3H3/b10-7-,11-8-,19-16-,20-17-,25-24-,28-27-,44-40-,53-50-. The van der Waals surface area contributed by atoms with Crippen molar-refractivity contribution in [1.82, 2.24) is 0 Å². The van der Waals surface area contributed by atoms with Crippen LogP contribution in [0.1, 0.15) is 278 Å². The van der Waals surface area contributed by atoms with Gasteiger partial charge in [-0.1, -0.05) is 272 Å². The molecule has 0 amide bonds. The van der Waals surface area contributed by atoms with Gasteiger partial charge in [-0.3, -0.25) is 14.4 Å². The Hall–Kier alpha value is -3.67. The number of esters is 3. The fourth-order valence-electron chi connectivity index (χ4n) is 8.21. The van der Waals surface area contributed by atoms with Crippen LogP contribution in [0.3, 0.4) is 0 Å². The number of hydrogen-bond acceptors (Lipinski definition) is 6. The second kappa shape index (κ2) is 58.9. The molecule has 0 radical (unpaired) electrons. The highest BCUT2D eigenvalue weighted by atomic mass is 16.6. The van der Waals surface area contributed by atoms with Gasteiger partial charge in [0.1, 0.15) is 13.2 Å². The van der Waals surface area contributed by atoms with Crippen molar-refractivity contribution in [3.05, 3.63) is 97.2 Å². The predicted molar refractivity (Wildman–Crippen MR) is 307 cm³/mol. The van der Waals surface area contributed by atoms with Crippen molar-refractivity contribution >= 4 is 17.9 Å². The van der Waals surface area contributed by atoms with E-state index in [0.29, 0.717) is 19.3 Å². The molecule has 0 aromatic rings. The van der Waals surface area contributed by atoms with Crippen LogP contribution in [0.5, 0.6) is 0 Å². The SMILES string of the molecule is CC/C=C\C/C=C\C/C=C\C/C=C\CCCCCCCCCCCCCCCCCCC(=O)OCC(COC(=O)CCCCCCCCCCCCC)OC(=O)CC/C=C\C/C=C\C/C=C\C/C=C\CC. The van der Waals surface area contributed by atoms with Crippen LogP contribution >= 0.6 is 0 Å². The Morgan fingerprint density at radius 1 is 0.296 bits per heavy atom. The maximum atomic E-state index is 12.8. The van der Waals surface area contributed by atoms with Crippen molar-refractivity contribution in [2.75, 3.05) is 13.2 Å². The minimum Gasteiger partial charge on any atom is -0.462 e. The maximum Gasteiger partial charge on any atom is 0.306 e. The number of allylic oxidation sites excluding steroid dienone is 16. The Morgan fingerprint density at radius 2 is 0.577 bits per heavy atom. The molecule has 1 unspecified atom stereocenters. The topological polar surface area (TPSA) is 78.9 Å². The van der Waals surface area contributed by atoms with Gasteiger partial charge in [0.05, 0.1) is 0 Å². The molecule has 0 fully saturated rings. The minimum absolute atomic E-state index is 0.103. The molecule has 0 aliphatic heterocycles. The lowest BCUT2D eigenvalue weighted by molar-refractivity contribution is -0.166. The van der Waals surface area contributed by atoms with Crippen molar-refractivity contribution in [2.24, 2.45) is 0 Å². The molecule has 0 spiro atoms. The second-order valence-corrected chi connectivity index (χ2v) is 19.5. The Bertz CT molecular complexity index is 1410. The van der Waals surface area contributed by atoms with Crippen LogP contribution in [-0.2, 0) is 28.6 Å². The normalized spacial score (nSPS) is 12.8. The summed E-state index contributed by atoms with van der Waals surface area (Å²) >= 11 is 0. The van der Waals surface area contributed by atoms with Gasteiger partial charge < -0.3 is 14.2 Å². The summed E-state index contributed by atoms with van der Waals surface area (Å²) in [6.45, 7) is 6.35. The van der Waals surface area contributed by atoms with E-state index in [1.165, 1.54) is 141 Å². The smallest absolute Gasteiger partial charge is 0.306 e. The summed E-state index contributed by atoms with van der Waals surface area (Å²) in [5, 5.41) is 0. The Morgan fingerprint density at radius 3 is 0.915 bits per heavy atom. The molecule has 0 aromatic heterocycles. The molecular weight excluding hydrogens is 877 g/mol. The summed E-state index contributed by atoms with van der Waals surface area (Å²) in [5.41, 5.74) is 0. The predicted octanol–water partition coefficient (Wildman–Crippen LogP) is 20.1. The van der Waals surface area contributed by atoms with Crippen molar-refractivity contribution in [1.29, 1.82) is 0 Å². The summed E-state index contributed by atoms with van der Waals surface area (Å²) in [6.07, 6.45) is 78.7. The second-order valence-electron chi connectivity index (χ2n) is 19.5. The molecule has 406 valence electrons. The summed E-state index contributed by atoms with van der Waals surface area (Å²) < 4.78 is 16.8. The van der Waals surface area contributed by atoms with Crippen molar-refractivity contribution in [3.63, 3.8) is 0 Å². The van der Waals surface area contributed by atoms with Crippen LogP contribution in [0.2, 0.25) is 0 Å².